The third kappa shape index (κ3) is 4.23. The quantitative estimate of drug-likeness (QED) is 0.821. The highest BCUT2D eigenvalue weighted by Gasteiger charge is 2.23. The molecule has 1 aliphatic rings. The average molecular weight is 304 g/mol. The molecule has 5 heteroatoms. The van der Waals surface area contributed by atoms with Crippen LogP contribution in [-0.2, 0) is 9.53 Å². The fourth-order valence-electron chi connectivity index (χ4n) is 2.87. The van der Waals surface area contributed by atoms with E-state index in [-0.39, 0.29) is 18.6 Å². The Kier molecular flexibility index (Phi) is 5.81. The molecule has 120 valence electrons. The SMILES string of the molecule is CNc1ccccc1C(=O)OCC(=O)N[C@@H]1CCCC[C@@H]1C. The highest BCUT2D eigenvalue weighted by Crippen LogP contribution is 2.23. The van der Waals surface area contributed by atoms with Crippen LogP contribution in [0.1, 0.15) is 43.0 Å². The van der Waals surface area contributed by atoms with Crippen LogP contribution in [0.3, 0.4) is 0 Å². The average Bonchev–Trinajstić information content (AvgIpc) is 2.54. The van der Waals surface area contributed by atoms with Crippen LogP contribution >= 0.6 is 0 Å². The van der Waals surface area contributed by atoms with Crippen molar-refractivity contribution in [3.63, 3.8) is 0 Å². The smallest absolute Gasteiger partial charge is 0.340 e. The Bertz CT molecular complexity index is 530. The van der Waals surface area contributed by atoms with Gasteiger partial charge in [0.25, 0.3) is 5.91 Å². The molecule has 0 aromatic heterocycles. The number of carbonyl (C=O) groups is 2. The highest BCUT2D eigenvalue weighted by atomic mass is 16.5. The summed E-state index contributed by atoms with van der Waals surface area (Å²) < 4.78 is 5.12. The molecule has 0 spiro atoms. The predicted molar refractivity (Wildman–Crippen MR) is 85.8 cm³/mol. The molecule has 1 amide bonds. The van der Waals surface area contributed by atoms with Gasteiger partial charge in [0.15, 0.2) is 6.61 Å². The Morgan fingerprint density at radius 3 is 2.68 bits per heavy atom. The maximum atomic E-state index is 12.0. The van der Waals surface area contributed by atoms with Crippen molar-refractivity contribution in [2.75, 3.05) is 19.0 Å². The van der Waals surface area contributed by atoms with Crippen molar-refractivity contribution in [3.05, 3.63) is 29.8 Å². The van der Waals surface area contributed by atoms with E-state index in [0.29, 0.717) is 17.2 Å². The van der Waals surface area contributed by atoms with Crippen molar-refractivity contribution < 1.29 is 14.3 Å². The number of hydrogen-bond donors (Lipinski definition) is 2. The van der Waals surface area contributed by atoms with Crippen molar-refractivity contribution >= 4 is 17.6 Å². The van der Waals surface area contributed by atoms with Gasteiger partial charge in [0, 0.05) is 18.8 Å². The van der Waals surface area contributed by atoms with Crippen LogP contribution in [-0.4, -0.2) is 31.6 Å². The minimum absolute atomic E-state index is 0.199. The zero-order valence-electron chi connectivity index (χ0n) is 13.2. The topological polar surface area (TPSA) is 67.4 Å². The molecule has 22 heavy (non-hydrogen) atoms. The Labute approximate surface area is 131 Å². The summed E-state index contributed by atoms with van der Waals surface area (Å²) in [6.45, 7) is 1.92. The fraction of sp³-hybridized carbons (Fsp3) is 0.529. The lowest BCUT2D eigenvalue weighted by molar-refractivity contribution is -0.125. The molecule has 0 aliphatic heterocycles. The number of carbonyl (C=O) groups excluding carboxylic acids is 2. The zero-order chi connectivity index (χ0) is 15.9. The van der Waals surface area contributed by atoms with Gasteiger partial charge in [-0.2, -0.15) is 0 Å². The normalized spacial score (nSPS) is 21.0. The van der Waals surface area contributed by atoms with Gasteiger partial charge in [-0.05, 0) is 30.9 Å². The van der Waals surface area contributed by atoms with E-state index in [2.05, 4.69) is 17.6 Å². The van der Waals surface area contributed by atoms with Crippen LogP contribution < -0.4 is 10.6 Å². The standard InChI is InChI=1S/C17H24N2O3/c1-12-7-3-5-9-14(12)19-16(20)11-22-17(21)13-8-4-6-10-15(13)18-2/h4,6,8,10,12,14,18H,3,5,7,9,11H2,1-2H3,(H,19,20)/t12-,14+/m0/s1. The number of amides is 1. The molecule has 5 nitrogen and oxygen atoms in total. The molecule has 0 bridgehead atoms. The molecule has 0 radical (unpaired) electrons. The van der Waals surface area contributed by atoms with Crippen molar-refractivity contribution in [1.82, 2.24) is 5.32 Å². The Balaban J connectivity index is 1.84. The molecule has 2 N–H and O–H groups in total. The summed E-state index contributed by atoms with van der Waals surface area (Å²) in [6, 6.07) is 7.26. The van der Waals surface area contributed by atoms with Crippen LogP contribution in [0.5, 0.6) is 0 Å². The summed E-state index contributed by atoms with van der Waals surface area (Å²) in [5.74, 6) is -0.232. The van der Waals surface area contributed by atoms with Gasteiger partial charge < -0.3 is 15.4 Å². The zero-order valence-corrected chi connectivity index (χ0v) is 13.2. The van der Waals surface area contributed by atoms with Gasteiger partial charge in [-0.25, -0.2) is 4.79 Å². The lowest BCUT2D eigenvalue weighted by Gasteiger charge is -2.29. The van der Waals surface area contributed by atoms with Crippen molar-refractivity contribution in [3.8, 4) is 0 Å². The van der Waals surface area contributed by atoms with Crippen LogP contribution in [0.25, 0.3) is 0 Å². The molecule has 1 aromatic carbocycles. The number of benzene rings is 1. The fourth-order valence-corrected chi connectivity index (χ4v) is 2.87. The van der Waals surface area contributed by atoms with Crippen LogP contribution in [0.15, 0.2) is 24.3 Å². The summed E-state index contributed by atoms with van der Waals surface area (Å²) in [5, 5.41) is 5.91. The second kappa shape index (κ2) is 7.82. The lowest BCUT2D eigenvalue weighted by atomic mass is 9.86. The molecule has 1 fully saturated rings. The first-order chi connectivity index (χ1) is 10.6. The number of esters is 1. The Morgan fingerprint density at radius 2 is 1.95 bits per heavy atom. The van der Waals surface area contributed by atoms with Crippen molar-refractivity contribution in [2.45, 2.75) is 38.6 Å². The molecule has 1 aliphatic carbocycles. The van der Waals surface area contributed by atoms with E-state index < -0.39 is 5.97 Å². The first kappa shape index (κ1) is 16.3. The van der Waals surface area contributed by atoms with Gasteiger partial charge >= 0.3 is 5.97 Å². The third-order valence-electron chi connectivity index (χ3n) is 4.21. The molecule has 1 saturated carbocycles. The monoisotopic (exact) mass is 304 g/mol. The first-order valence-corrected chi connectivity index (χ1v) is 7.85. The Hall–Kier alpha value is -2.04. The molecule has 0 unspecified atom stereocenters. The largest absolute Gasteiger partial charge is 0.452 e. The minimum Gasteiger partial charge on any atom is -0.452 e. The maximum Gasteiger partial charge on any atom is 0.340 e. The van der Waals surface area contributed by atoms with E-state index in [9.17, 15) is 9.59 Å². The molecule has 0 saturated heterocycles. The lowest BCUT2D eigenvalue weighted by Crippen LogP contribution is -2.42. The molecule has 1 aromatic rings. The second-order valence-electron chi connectivity index (χ2n) is 5.81. The van der Waals surface area contributed by atoms with Gasteiger partial charge in [-0.1, -0.05) is 31.9 Å². The number of ether oxygens (including phenoxy) is 1. The number of anilines is 1. The number of hydrogen-bond acceptors (Lipinski definition) is 4. The molecule has 2 atom stereocenters. The minimum atomic E-state index is -0.489. The van der Waals surface area contributed by atoms with E-state index in [0.717, 1.165) is 19.3 Å². The van der Waals surface area contributed by atoms with Gasteiger partial charge in [0.2, 0.25) is 0 Å². The van der Waals surface area contributed by atoms with Gasteiger partial charge in [0.1, 0.15) is 0 Å². The molecule has 2 rings (SSSR count). The second-order valence-corrected chi connectivity index (χ2v) is 5.81. The number of nitrogens with one attached hydrogen (secondary N) is 2. The van der Waals surface area contributed by atoms with Gasteiger partial charge in [-0.3, -0.25) is 4.79 Å². The molecular weight excluding hydrogens is 280 g/mol. The van der Waals surface area contributed by atoms with E-state index in [1.807, 2.05) is 6.07 Å². The van der Waals surface area contributed by atoms with Crippen LogP contribution in [0.2, 0.25) is 0 Å². The van der Waals surface area contributed by atoms with Gasteiger partial charge in [-0.15, -0.1) is 0 Å². The summed E-state index contributed by atoms with van der Waals surface area (Å²) in [6.07, 6.45) is 4.51. The van der Waals surface area contributed by atoms with Crippen molar-refractivity contribution in [1.29, 1.82) is 0 Å². The van der Waals surface area contributed by atoms with E-state index in [1.165, 1.54) is 6.42 Å². The maximum absolute atomic E-state index is 12.0. The van der Waals surface area contributed by atoms with E-state index in [4.69, 9.17) is 4.74 Å². The van der Waals surface area contributed by atoms with E-state index in [1.54, 1.807) is 25.2 Å². The summed E-state index contributed by atoms with van der Waals surface area (Å²) >= 11 is 0. The summed E-state index contributed by atoms with van der Waals surface area (Å²) in [5.41, 5.74) is 1.12. The summed E-state index contributed by atoms with van der Waals surface area (Å²) in [4.78, 5) is 24.0. The summed E-state index contributed by atoms with van der Waals surface area (Å²) in [7, 11) is 1.74. The van der Waals surface area contributed by atoms with Gasteiger partial charge in [0.05, 0.1) is 5.56 Å². The van der Waals surface area contributed by atoms with Crippen LogP contribution in [0.4, 0.5) is 5.69 Å². The van der Waals surface area contributed by atoms with Crippen LogP contribution in [0, 0.1) is 5.92 Å². The highest BCUT2D eigenvalue weighted by molar-refractivity contribution is 5.96. The number of rotatable bonds is 5. The predicted octanol–water partition coefficient (Wildman–Crippen LogP) is 2.58. The van der Waals surface area contributed by atoms with E-state index >= 15 is 0 Å². The Morgan fingerprint density at radius 1 is 1.23 bits per heavy atom. The first-order valence-electron chi connectivity index (χ1n) is 7.85. The number of para-hydroxylation sites is 1. The molecular formula is C17H24N2O3. The third-order valence-corrected chi connectivity index (χ3v) is 4.21. The molecule has 0 heterocycles. The van der Waals surface area contributed by atoms with Crippen molar-refractivity contribution in [2.24, 2.45) is 5.92 Å².